The van der Waals surface area contributed by atoms with Gasteiger partial charge >= 0.3 is 0 Å². The first-order valence-electron chi connectivity index (χ1n) is 11.0. The third kappa shape index (κ3) is 5.69. The van der Waals surface area contributed by atoms with Crippen LogP contribution in [-0.2, 0) is 17.9 Å². The molecular formula is C24H30N4O3. The number of anilines is 1. The van der Waals surface area contributed by atoms with Gasteiger partial charge in [-0.2, -0.15) is 0 Å². The van der Waals surface area contributed by atoms with Crippen molar-refractivity contribution in [1.29, 1.82) is 0 Å². The van der Waals surface area contributed by atoms with Crippen molar-refractivity contribution in [1.82, 2.24) is 10.2 Å². The molecule has 31 heavy (non-hydrogen) atoms. The number of carbonyl (C=O) groups excluding carboxylic acids is 1. The smallest absolute Gasteiger partial charge is 0.222 e. The van der Waals surface area contributed by atoms with Crippen molar-refractivity contribution in [3.8, 4) is 11.5 Å². The number of guanidine groups is 1. The standard InChI is InChI=1S/C24H30N4O3/c1-2-25-24(27-20-10-11-21-22(15-20)31-14-4-13-30-21)26-16-18-6-8-19(9-7-18)17-28-12-3-5-23(28)29/h6-11,15H,2-5,12-14,16-17H2,1H3,(H2,25,26,27). The highest BCUT2D eigenvalue weighted by Crippen LogP contribution is 2.32. The van der Waals surface area contributed by atoms with Gasteiger partial charge in [-0.3, -0.25) is 4.79 Å². The van der Waals surface area contributed by atoms with Gasteiger partial charge in [0.25, 0.3) is 0 Å². The first-order chi connectivity index (χ1) is 15.2. The fourth-order valence-corrected chi connectivity index (χ4v) is 3.70. The summed E-state index contributed by atoms with van der Waals surface area (Å²) in [5, 5.41) is 6.63. The molecule has 2 aliphatic rings. The predicted octanol–water partition coefficient (Wildman–Crippen LogP) is 3.55. The Labute approximate surface area is 183 Å². The molecule has 0 bridgehead atoms. The number of amides is 1. The molecule has 1 amide bonds. The van der Waals surface area contributed by atoms with Crippen LogP contribution in [0.25, 0.3) is 0 Å². The summed E-state index contributed by atoms with van der Waals surface area (Å²) in [7, 11) is 0. The Kier molecular flexibility index (Phi) is 6.92. The number of rotatable bonds is 6. The van der Waals surface area contributed by atoms with E-state index in [0.717, 1.165) is 54.2 Å². The number of hydrogen-bond acceptors (Lipinski definition) is 4. The molecule has 7 heteroatoms. The molecule has 2 N–H and O–H groups in total. The molecule has 2 heterocycles. The Morgan fingerprint density at radius 3 is 2.55 bits per heavy atom. The van der Waals surface area contributed by atoms with Crippen molar-refractivity contribution in [2.75, 3.05) is 31.6 Å². The number of ether oxygens (including phenoxy) is 2. The minimum Gasteiger partial charge on any atom is -0.490 e. The molecular weight excluding hydrogens is 392 g/mol. The summed E-state index contributed by atoms with van der Waals surface area (Å²) in [5.74, 6) is 2.50. The van der Waals surface area contributed by atoms with Crippen LogP contribution in [0.3, 0.4) is 0 Å². The van der Waals surface area contributed by atoms with E-state index in [2.05, 4.69) is 34.9 Å². The number of nitrogens with one attached hydrogen (secondary N) is 2. The van der Waals surface area contributed by atoms with Gasteiger partial charge in [-0.1, -0.05) is 24.3 Å². The van der Waals surface area contributed by atoms with Gasteiger partial charge in [0, 0.05) is 44.2 Å². The Balaban J connectivity index is 1.38. The van der Waals surface area contributed by atoms with Crippen LogP contribution >= 0.6 is 0 Å². The molecule has 1 fully saturated rings. The third-order valence-electron chi connectivity index (χ3n) is 5.34. The van der Waals surface area contributed by atoms with E-state index >= 15 is 0 Å². The van der Waals surface area contributed by atoms with Crippen LogP contribution < -0.4 is 20.1 Å². The van der Waals surface area contributed by atoms with Crippen molar-refractivity contribution in [2.45, 2.75) is 39.3 Å². The minimum atomic E-state index is 0.254. The average molecular weight is 423 g/mol. The number of carbonyl (C=O) groups is 1. The fourth-order valence-electron chi connectivity index (χ4n) is 3.70. The normalized spacial score (nSPS) is 16.2. The molecule has 1 saturated heterocycles. The van der Waals surface area contributed by atoms with Gasteiger partial charge in [0.1, 0.15) is 0 Å². The lowest BCUT2D eigenvalue weighted by molar-refractivity contribution is -0.128. The van der Waals surface area contributed by atoms with E-state index in [-0.39, 0.29) is 5.91 Å². The molecule has 0 atom stereocenters. The Bertz CT molecular complexity index is 927. The van der Waals surface area contributed by atoms with E-state index in [9.17, 15) is 4.79 Å². The van der Waals surface area contributed by atoms with Crippen LogP contribution in [0, 0.1) is 0 Å². The van der Waals surface area contributed by atoms with Gasteiger partial charge in [-0.15, -0.1) is 0 Å². The number of benzene rings is 2. The summed E-state index contributed by atoms with van der Waals surface area (Å²) in [4.78, 5) is 18.4. The minimum absolute atomic E-state index is 0.254. The summed E-state index contributed by atoms with van der Waals surface area (Å²) >= 11 is 0. The number of likely N-dealkylation sites (tertiary alicyclic amines) is 1. The first-order valence-corrected chi connectivity index (χ1v) is 11.0. The molecule has 0 aromatic heterocycles. The molecule has 2 aromatic rings. The van der Waals surface area contributed by atoms with Crippen LogP contribution in [0.1, 0.15) is 37.3 Å². The molecule has 0 radical (unpaired) electrons. The lowest BCUT2D eigenvalue weighted by Crippen LogP contribution is -2.30. The zero-order valence-corrected chi connectivity index (χ0v) is 18.0. The van der Waals surface area contributed by atoms with E-state index in [1.165, 1.54) is 0 Å². The zero-order valence-electron chi connectivity index (χ0n) is 18.0. The van der Waals surface area contributed by atoms with Gasteiger partial charge in [0.2, 0.25) is 5.91 Å². The summed E-state index contributed by atoms with van der Waals surface area (Å²) in [6.45, 7) is 6.25. The average Bonchev–Trinajstić information content (AvgIpc) is 3.04. The lowest BCUT2D eigenvalue weighted by atomic mass is 10.1. The number of nitrogens with zero attached hydrogens (tertiary/aromatic N) is 2. The first kappa shape index (κ1) is 21.0. The van der Waals surface area contributed by atoms with E-state index < -0.39 is 0 Å². The zero-order chi connectivity index (χ0) is 21.5. The fraction of sp³-hybridized carbons (Fsp3) is 0.417. The SMILES string of the molecule is CCNC(=NCc1ccc(CN2CCCC2=O)cc1)Nc1ccc2c(c1)OCCCO2. The molecule has 0 saturated carbocycles. The molecule has 7 nitrogen and oxygen atoms in total. The van der Waals surface area contributed by atoms with Crippen molar-refractivity contribution in [3.05, 3.63) is 53.6 Å². The maximum atomic E-state index is 11.8. The molecule has 0 spiro atoms. The second-order valence-corrected chi connectivity index (χ2v) is 7.77. The molecule has 2 aliphatic heterocycles. The maximum Gasteiger partial charge on any atom is 0.222 e. The van der Waals surface area contributed by atoms with Crippen LogP contribution in [0.4, 0.5) is 5.69 Å². The van der Waals surface area contributed by atoms with Gasteiger partial charge < -0.3 is 25.0 Å². The van der Waals surface area contributed by atoms with Crippen LogP contribution in [-0.4, -0.2) is 43.1 Å². The van der Waals surface area contributed by atoms with Crippen LogP contribution in [0.5, 0.6) is 11.5 Å². The second-order valence-electron chi connectivity index (χ2n) is 7.77. The summed E-state index contributed by atoms with van der Waals surface area (Å²) in [6.07, 6.45) is 2.53. The van der Waals surface area contributed by atoms with Crippen LogP contribution in [0.2, 0.25) is 0 Å². The molecule has 0 unspecified atom stereocenters. The van der Waals surface area contributed by atoms with Crippen molar-refractivity contribution in [2.24, 2.45) is 4.99 Å². The molecule has 2 aromatic carbocycles. The highest BCUT2D eigenvalue weighted by molar-refractivity contribution is 5.93. The van der Waals surface area contributed by atoms with Crippen molar-refractivity contribution < 1.29 is 14.3 Å². The monoisotopic (exact) mass is 422 g/mol. The Morgan fingerprint density at radius 1 is 1.03 bits per heavy atom. The maximum absolute atomic E-state index is 11.8. The second kappa shape index (κ2) is 10.2. The van der Waals surface area contributed by atoms with Crippen molar-refractivity contribution >= 4 is 17.6 Å². The van der Waals surface area contributed by atoms with Gasteiger partial charge in [-0.05, 0) is 36.6 Å². The third-order valence-corrected chi connectivity index (χ3v) is 5.34. The molecule has 164 valence electrons. The van der Waals surface area contributed by atoms with Crippen LogP contribution in [0.15, 0.2) is 47.5 Å². The summed E-state index contributed by atoms with van der Waals surface area (Å²) in [6, 6.07) is 14.2. The quantitative estimate of drug-likeness (QED) is 0.550. The summed E-state index contributed by atoms with van der Waals surface area (Å²) < 4.78 is 11.5. The van der Waals surface area contributed by atoms with E-state index in [1.54, 1.807) is 0 Å². The Hall–Kier alpha value is -3.22. The molecule has 4 rings (SSSR count). The highest BCUT2D eigenvalue weighted by atomic mass is 16.5. The predicted molar refractivity (Wildman–Crippen MR) is 122 cm³/mol. The van der Waals surface area contributed by atoms with Gasteiger partial charge in [0.15, 0.2) is 17.5 Å². The van der Waals surface area contributed by atoms with Crippen molar-refractivity contribution in [3.63, 3.8) is 0 Å². The summed E-state index contributed by atoms with van der Waals surface area (Å²) in [5.41, 5.74) is 3.17. The number of fused-ring (bicyclic) bond motifs is 1. The van der Waals surface area contributed by atoms with E-state index in [4.69, 9.17) is 14.5 Å². The van der Waals surface area contributed by atoms with Gasteiger partial charge in [-0.25, -0.2) is 4.99 Å². The Morgan fingerprint density at radius 2 is 1.81 bits per heavy atom. The lowest BCUT2D eigenvalue weighted by Gasteiger charge is -2.15. The largest absolute Gasteiger partial charge is 0.490 e. The van der Waals surface area contributed by atoms with E-state index in [0.29, 0.717) is 38.7 Å². The van der Waals surface area contributed by atoms with E-state index in [1.807, 2.05) is 30.0 Å². The topological polar surface area (TPSA) is 75.2 Å². The number of aliphatic imine (C=N–C) groups is 1. The number of hydrogen-bond donors (Lipinski definition) is 2. The van der Waals surface area contributed by atoms with Gasteiger partial charge in [0.05, 0.1) is 19.8 Å². The molecule has 0 aliphatic carbocycles. The highest BCUT2D eigenvalue weighted by Gasteiger charge is 2.19.